The maximum absolute atomic E-state index is 15.0. The minimum Gasteiger partial charge on any atom is -0.444 e. The first-order valence-corrected chi connectivity index (χ1v) is 15.6. The van der Waals surface area contributed by atoms with E-state index in [9.17, 15) is 14.4 Å². The van der Waals surface area contributed by atoms with Crippen LogP contribution in [0.25, 0.3) is 0 Å². The summed E-state index contributed by atoms with van der Waals surface area (Å²) in [5.74, 6) is 1.21. The van der Waals surface area contributed by atoms with Crippen molar-refractivity contribution in [2.45, 2.75) is 59.1 Å². The number of benzene rings is 1. The molecule has 0 bridgehead atoms. The van der Waals surface area contributed by atoms with Crippen LogP contribution in [0.4, 0.5) is 53.4 Å². The number of fused-ring (bicyclic) bond motifs is 1. The third-order valence-corrected chi connectivity index (χ3v) is 7.66. The topological polar surface area (TPSA) is 161 Å². The fourth-order valence-corrected chi connectivity index (χ4v) is 5.18. The number of nitrogens with zero attached hydrogens (tertiary/aromatic N) is 8. The zero-order valence-electron chi connectivity index (χ0n) is 28.5. The molecule has 0 saturated carbocycles. The van der Waals surface area contributed by atoms with Gasteiger partial charge in [-0.1, -0.05) is 20.8 Å². The molecule has 0 unspecified atom stereocenters. The van der Waals surface area contributed by atoms with E-state index in [1.165, 1.54) is 34.2 Å². The fraction of sp³-hybridized carbons (Fsp3) is 0.469. The van der Waals surface area contributed by atoms with Gasteiger partial charge in [-0.15, -0.1) is 0 Å². The van der Waals surface area contributed by atoms with Crippen LogP contribution in [0.1, 0.15) is 52.9 Å². The van der Waals surface area contributed by atoms with E-state index in [1.54, 1.807) is 25.2 Å². The van der Waals surface area contributed by atoms with E-state index in [0.717, 1.165) is 0 Å². The summed E-state index contributed by atoms with van der Waals surface area (Å²) in [5.41, 5.74) is 0.266. The Balaban J connectivity index is 1.33. The van der Waals surface area contributed by atoms with Gasteiger partial charge >= 0.3 is 18.2 Å². The summed E-state index contributed by atoms with van der Waals surface area (Å²) in [5, 5.41) is 8.19. The molecule has 5 amide bonds. The Hall–Kier alpha value is -5.28. The van der Waals surface area contributed by atoms with Crippen molar-refractivity contribution in [3.63, 3.8) is 0 Å². The molecule has 3 N–H and O–H groups in total. The zero-order chi connectivity index (χ0) is 35.0. The van der Waals surface area contributed by atoms with Gasteiger partial charge in [-0.05, 0) is 39.0 Å². The maximum Gasteiger partial charge on any atom is 0.410 e. The molecule has 4 heterocycles. The summed E-state index contributed by atoms with van der Waals surface area (Å²) >= 11 is 0. The molecule has 16 heteroatoms. The predicted octanol–water partition coefficient (Wildman–Crippen LogP) is 5.02. The van der Waals surface area contributed by atoms with Crippen LogP contribution < -0.4 is 30.7 Å². The number of nitrogens with one attached hydrogen (secondary N) is 3. The highest BCUT2D eigenvalue weighted by Crippen LogP contribution is 2.33. The van der Waals surface area contributed by atoms with Gasteiger partial charge in [0.15, 0.2) is 5.82 Å². The van der Waals surface area contributed by atoms with Crippen LogP contribution in [-0.4, -0.2) is 88.9 Å². The van der Waals surface area contributed by atoms with E-state index >= 15 is 4.39 Å². The molecule has 1 aromatic carbocycles. The van der Waals surface area contributed by atoms with E-state index < -0.39 is 17.4 Å². The van der Waals surface area contributed by atoms with E-state index in [-0.39, 0.29) is 29.8 Å². The number of carbonyl (C=O) groups is 3. The average Bonchev–Trinajstić information content (AvgIpc) is 3.02. The van der Waals surface area contributed by atoms with Crippen molar-refractivity contribution < 1.29 is 23.5 Å². The largest absolute Gasteiger partial charge is 0.444 e. The lowest BCUT2D eigenvalue weighted by atomic mass is 9.96. The van der Waals surface area contributed by atoms with Crippen molar-refractivity contribution in [2.24, 2.45) is 0 Å². The van der Waals surface area contributed by atoms with Crippen molar-refractivity contribution >= 4 is 52.8 Å². The maximum atomic E-state index is 15.0. The number of hydrogen-bond donors (Lipinski definition) is 3. The van der Waals surface area contributed by atoms with Gasteiger partial charge in [0.2, 0.25) is 5.95 Å². The highest BCUT2D eigenvalue weighted by Gasteiger charge is 2.32. The van der Waals surface area contributed by atoms with Crippen molar-refractivity contribution in [1.29, 1.82) is 0 Å². The molecule has 0 spiro atoms. The molecule has 0 aliphatic carbocycles. The summed E-state index contributed by atoms with van der Waals surface area (Å²) in [6.45, 7) is 13.2. The molecular formula is C32H42FN11O4. The van der Waals surface area contributed by atoms with Crippen LogP contribution in [0.3, 0.4) is 0 Å². The van der Waals surface area contributed by atoms with Crippen molar-refractivity contribution in [3.8, 4) is 0 Å². The van der Waals surface area contributed by atoms with E-state index in [4.69, 9.17) is 9.72 Å². The van der Waals surface area contributed by atoms with E-state index in [2.05, 4.69) is 30.9 Å². The minimum atomic E-state index is -0.729. The molecule has 1 saturated heterocycles. The number of anilines is 6. The van der Waals surface area contributed by atoms with Crippen LogP contribution >= 0.6 is 0 Å². The first kappa shape index (κ1) is 34.1. The lowest BCUT2D eigenvalue weighted by Crippen LogP contribution is -2.50. The lowest BCUT2D eigenvalue weighted by Gasteiger charge is -2.37. The van der Waals surface area contributed by atoms with Crippen LogP contribution in [0.5, 0.6) is 0 Å². The number of amides is 5. The molecule has 2 aromatic heterocycles. The SMILES string of the molecule is CNc1ncc2c(n1)N(C)C(=O)N(c1ccc(F)c(NC(=O)Nc3cnc(C(C)(C)C)nc3N3CCN(C(=O)OC(C)(C)C)CC3)c1)C2. The first-order valence-electron chi connectivity index (χ1n) is 15.6. The van der Waals surface area contributed by atoms with E-state index in [1.807, 2.05) is 46.4 Å². The smallest absolute Gasteiger partial charge is 0.410 e. The Morgan fingerprint density at radius 1 is 0.917 bits per heavy atom. The zero-order valence-corrected chi connectivity index (χ0v) is 28.5. The van der Waals surface area contributed by atoms with Gasteiger partial charge in [0.25, 0.3) is 0 Å². The fourth-order valence-electron chi connectivity index (χ4n) is 5.18. The molecular weight excluding hydrogens is 621 g/mol. The molecule has 0 atom stereocenters. The number of hydrogen-bond acceptors (Lipinski definition) is 10. The Morgan fingerprint density at radius 3 is 2.25 bits per heavy atom. The highest BCUT2D eigenvalue weighted by molar-refractivity contribution is 6.06. The number of halogens is 1. The summed E-state index contributed by atoms with van der Waals surface area (Å²) in [7, 11) is 3.28. The van der Waals surface area contributed by atoms with Gasteiger partial charge in [-0.25, -0.2) is 33.7 Å². The number of rotatable bonds is 5. The van der Waals surface area contributed by atoms with Gasteiger partial charge < -0.3 is 30.5 Å². The van der Waals surface area contributed by atoms with Crippen LogP contribution in [0.15, 0.2) is 30.6 Å². The molecule has 2 aliphatic rings. The standard InChI is InChI=1S/C32H42FN11O4/c1-31(2,3)26-35-17-23(25(39-26)42-11-13-43(14-12-42)30(47)48-32(4,5)6)38-28(45)37-22-15-20(9-10-21(22)33)44-18-19-16-36-27(34-7)40-24(19)41(8)29(44)46/h9-10,15-17H,11-14,18H2,1-8H3,(H,34,36,40)(H2,37,38,45). The number of aromatic nitrogens is 4. The monoisotopic (exact) mass is 663 g/mol. The first-order chi connectivity index (χ1) is 22.5. The number of ether oxygens (including phenoxy) is 1. The van der Waals surface area contributed by atoms with Crippen LogP contribution in [0, 0.1) is 5.82 Å². The van der Waals surface area contributed by atoms with E-state index in [0.29, 0.717) is 66.5 Å². The van der Waals surface area contributed by atoms with Crippen molar-refractivity contribution in [1.82, 2.24) is 24.8 Å². The number of piperazine rings is 1. The molecule has 48 heavy (non-hydrogen) atoms. The van der Waals surface area contributed by atoms with Gasteiger partial charge in [0.1, 0.15) is 28.7 Å². The molecule has 3 aromatic rings. The second-order valence-electron chi connectivity index (χ2n) is 13.6. The van der Waals surface area contributed by atoms with Crippen molar-refractivity contribution in [2.75, 3.05) is 70.9 Å². The van der Waals surface area contributed by atoms with Crippen LogP contribution in [-0.2, 0) is 16.7 Å². The third-order valence-electron chi connectivity index (χ3n) is 7.66. The number of carbonyl (C=O) groups excluding carboxylic acids is 3. The predicted molar refractivity (Wildman–Crippen MR) is 181 cm³/mol. The lowest BCUT2D eigenvalue weighted by molar-refractivity contribution is 0.0240. The molecule has 5 rings (SSSR count). The Kier molecular flexibility index (Phi) is 9.28. The van der Waals surface area contributed by atoms with Crippen molar-refractivity contribution in [3.05, 3.63) is 47.8 Å². The van der Waals surface area contributed by atoms with Gasteiger partial charge in [-0.2, -0.15) is 4.98 Å². The Labute approximate surface area is 278 Å². The normalized spacial score (nSPS) is 15.2. The minimum absolute atomic E-state index is 0.132. The molecule has 2 aliphatic heterocycles. The third kappa shape index (κ3) is 7.47. The average molecular weight is 664 g/mol. The molecule has 0 radical (unpaired) electrons. The number of urea groups is 2. The van der Waals surface area contributed by atoms with Gasteiger partial charge in [0.05, 0.1) is 18.4 Å². The summed E-state index contributed by atoms with van der Waals surface area (Å²) in [6, 6.07) is 2.94. The molecule has 15 nitrogen and oxygen atoms in total. The summed E-state index contributed by atoms with van der Waals surface area (Å²) in [4.78, 5) is 63.6. The summed E-state index contributed by atoms with van der Waals surface area (Å²) in [6.07, 6.45) is 2.76. The Morgan fingerprint density at radius 2 is 1.60 bits per heavy atom. The van der Waals surface area contributed by atoms with Gasteiger partial charge in [0, 0.05) is 63.1 Å². The second kappa shape index (κ2) is 13.1. The Bertz CT molecular complexity index is 1720. The summed E-state index contributed by atoms with van der Waals surface area (Å²) < 4.78 is 20.6. The quantitative estimate of drug-likeness (QED) is 0.338. The molecule has 1 fully saturated rings. The molecule has 256 valence electrons. The van der Waals surface area contributed by atoms with Crippen LogP contribution in [0.2, 0.25) is 0 Å². The highest BCUT2D eigenvalue weighted by atomic mass is 19.1. The van der Waals surface area contributed by atoms with Gasteiger partial charge in [-0.3, -0.25) is 9.80 Å². The second-order valence-corrected chi connectivity index (χ2v) is 13.6.